The predicted octanol–water partition coefficient (Wildman–Crippen LogP) is 2.46. The van der Waals surface area contributed by atoms with Crippen LogP contribution < -0.4 is 4.72 Å². The molecule has 4 rings (SSSR count). The number of pyridine rings is 1. The molecule has 0 amide bonds. The number of H-pyrrole nitrogens is 1. The lowest BCUT2D eigenvalue weighted by Gasteiger charge is -2.32. The molecule has 3 heterocycles. The van der Waals surface area contributed by atoms with Gasteiger partial charge in [-0.15, -0.1) is 0 Å². The number of benzene rings is 1. The first kappa shape index (κ1) is 19.0. The number of nitrogens with one attached hydrogen (secondary N) is 2. The second kappa shape index (κ2) is 7.98. The smallest absolute Gasteiger partial charge is 0.242 e. The van der Waals surface area contributed by atoms with Crippen molar-refractivity contribution in [1.29, 1.82) is 0 Å². The van der Waals surface area contributed by atoms with E-state index < -0.39 is 10.0 Å². The van der Waals surface area contributed by atoms with Crippen LogP contribution in [-0.4, -0.2) is 47.9 Å². The summed E-state index contributed by atoms with van der Waals surface area (Å²) < 4.78 is 28.6. The van der Waals surface area contributed by atoms with Crippen LogP contribution in [0.4, 0.5) is 0 Å². The fourth-order valence-corrected chi connectivity index (χ4v) is 5.11. The van der Waals surface area contributed by atoms with Crippen molar-refractivity contribution < 1.29 is 8.42 Å². The summed E-state index contributed by atoms with van der Waals surface area (Å²) in [7, 11) is -3.61. The summed E-state index contributed by atoms with van der Waals surface area (Å²) in [4.78, 5) is 14.3. The number of hydrogen-bond donors (Lipinski definition) is 2. The molecule has 2 aromatic heterocycles. The first-order valence-electron chi connectivity index (χ1n) is 9.57. The molecule has 1 aliphatic heterocycles. The van der Waals surface area contributed by atoms with Crippen molar-refractivity contribution in [2.45, 2.75) is 31.2 Å². The number of piperidine rings is 1. The van der Waals surface area contributed by atoms with Gasteiger partial charge in [-0.05, 0) is 44.4 Å². The normalized spacial score (nSPS) is 18.5. The maximum atomic E-state index is 12.9. The summed E-state index contributed by atoms with van der Waals surface area (Å²) in [5.41, 5.74) is 2.66. The SMILES string of the molecule is Cc1[nH]cnc1CN1CCC[C@@H](CNS(=O)(=O)c2cccc3cccnc23)C1. The van der Waals surface area contributed by atoms with Crippen LogP contribution >= 0.6 is 0 Å². The van der Waals surface area contributed by atoms with Gasteiger partial charge >= 0.3 is 0 Å². The average molecular weight is 400 g/mol. The lowest BCUT2D eigenvalue weighted by Crippen LogP contribution is -2.40. The number of aryl methyl sites for hydroxylation is 1. The highest BCUT2D eigenvalue weighted by molar-refractivity contribution is 7.89. The molecule has 0 bridgehead atoms. The molecule has 28 heavy (non-hydrogen) atoms. The number of nitrogens with zero attached hydrogens (tertiary/aromatic N) is 3. The van der Waals surface area contributed by atoms with Crippen LogP contribution in [0, 0.1) is 12.8 Å². The Hall–Kier alpha value is -2.29. The topological polar surface area (TPSA) is 91.0 Å². The molecule has 1 fully saturated rings. The molecule has 0 unspecified atom stereocenters. The number of likely N-dealkylation sites (tertiary alicyclic amines) is 1. The summed E-state index contributed by atoms with van der Waals surface area (Å²) in [6, 6.07) is 8.93. The molecule has 0 spiro atoms. The molecule has 3 aromatic rings. The third-order valence-electron chi connectivity index (χ3n) is 5.36. The van der Waals surface area contributed by atoms with Crippen LogP contribution in [-0.2, 0) is 16.6 Å². The van der Waals surface area contributed by atoms with Crippen molar-refractivity contribution in [2.75, 3.05) is 19.6 Å². The third kappa shape index (κ3) is 4.09. The zero-order valence-corrected chi connectivity index (χ0v) is 16.7. The number of fused-ring (bicyclic) bond motifs is 1. The largest absolute Gasteiger partial charge is 0.348 e. The van der Waals surface area contributed by atoms with E-state index in [1.807, 2.05) is 25.1 Å². The van der Waals surface area contributed by atoms with E-state index in [1.165, 1.54) is 0 Å². The molecular formula is C20H25N5O2S. The number of rotatable bonds is 6. The maximum Gasteiger partial charge on any atom is 0.242 e. The second-order valence-electron chi connectivity index (χ2n) is 7.40. The van der Waals surface area contributed by atoms with E-state index in [4.69, 9.17) is 0 Å². The zero-order chi connectivity index (χ0) is 19.6. The predicted molar refractivity (Wildman–Crippen MR) is 108 cm³/mol. The minimum Gasteiger partial charge on any atom is -0.348 e. The number of hydrogen-bond acceptors (Lipinski definition) is 5. The fraction of sp³-hybridized carbons (Fsp3) is 0.400. The second-order valence-corrected chi connectivity index (χ2v) is 9.14. The minimum atomic E-state index is -3.61. The fourth-order valence-electron chi connectivity index (χ4n) is 3.82. The van der Waals surface area contributed by atoms with Gasteiger partial charge in [0.1, 0.15) is 4.90 Å². The van der Waals surface area contributed by atoms with Gasteiger partial charge in [0.2, 0.25) is 10.0 Å². The van der Waals surface area contributed by atoms with Crippen molar-refractivity contribution in [3.63, 3.8) is 0 Å². The summed E-state index contributed by atoms with van der Waals surface area (Å²) in [5, 5.41) is 0.823. The molecule has 0 radical (unpaired) electrons. The lowest BCUT2D eigenvalue weighted by atomic mass is 9.98. The van der Waals surface area contributed by atoms with Gasteiger partial charge in [0.25, 0.3) is 0 Å². The molecule has 7 nitrogen and oxygen atoms in total. The monoisotopic (exact) mass is 399 g/mol. The Morgan fingerprint density at radius 1 is 1.25 bits per heavy atom. The van der Waals surface area contributed by atoms with Crippen molar-refractivity contribution in [1.82, 2.24) is 24.6 Å². The number of para-hydroxylation sites is 1. The summed E-state index contributed by atoms with van der Waals surface area (Å²) >= 11 is 0. The molecule has 1 atom stereocenters. The number of aromatic amines is 1. The van der Waals surface area contributed by atoms with E-state index in [0.717, 1.165) is 49.2 Å². The molecule has 0 saturated carbocycles. The average Bonchev–Trinajstić information content (AvgIpc) is 3.11. The number of imidazole rings is 1. The highest BCUT2D eigenvalue weighted by Crippen LogP contribution is 2.22. The lowest BCUT2D eigenvalue weighted by molar-refractivity contribution is 0.167. The molecule has 1 aromatic carbocycles. The Labute approximate surface area is 165 Å². The summed E-state index contributed by atoms with van der Waals surface area (Å²) in [6.45, 7) is 5.13. The van der Waals surface area contributed by atoms with E-state index in [1.54, 1.807) is 24.7 Å². The van der Waals surface area contributed by atoms with Gasteiger partial charge in [0, 0.05) is 36.9 Å². The minimum absolute atomic E-state index is 0.241. The van der Waals surface area contributed by atoms with Crippen LogP contribution in [0.15, 0.2) is 47.8 Å². The van der Waals surface area contributed by atoms with Crippen molar-refractivity contribution in [3.8, 4) is 0 Å². The van der Waals surface area contributed by atoms with Crippen molar-refractivity contribution in [2.24, 2.45) is 5.92 Å². The highest BCUT2D eigenvalue weighted by Gasteiger charge is 2.24. The van der Waals surface area contributed by atoms with Crippen molar-refractivity contribution in [3.05, 3.63) is 54.2 Å². The Morgan fingerprint density at radius 3 is 2.93 bits per heavy atom. The van der Waals surface area contributed by atoms with Gasteiger partial charge in [-0.25, -0.2) is 18.1 Å². The summed E-state index contributed by atoms with van der Waals surface area (Å²) in [5.74, 6) is 0.283. The van der Waals surface area contributed by atoms with Gasteiger partial charge in [-0.2, -0.15) is 0 Å². The van der Waals surface area contributed by atoms with Crippen molar-refractivity contribution >= 4 is 20.9 Å². The maximum absolute atomic E-state index is 12.9. The van der Waals surface area contributed by atoms with Gasteiger partial charge in [-0.3, -0.25) is 9.88 Å². The van der Waals surface area contributed by atoms with E-state index in [0.29, 0.717) is 12.1 Å². The van der Waals surface area contributed by atoms with Crippen LogP contribution in [0.25, 0.3) is 10.9 Å². The van der Waals surface area contributed by atoms with Crippen LogP contribution in [0.2, 0.25) is 0 Å². The first-order valence-corrected chi connectivity index (χ1v) is 11.1. The molecule has 1 saturated heterocycles. The Morgan fingerprint density at radius 2 is 2.11 bits per heavy atom. The van der Waals surface area contributed by atoms with Crippen LogP contribution in [0.3, 0.4) is 0 Å². The Balaban J connectivity index is 1.42. The quantitative estimate of drug-likeness (QED) is 0.664. The van der Waals surface area contributed by atoms with Gasteiger partial charge in [0.05, 0.1) is 17.5 Å². The molecule has 148 valence electrons. The zero-order valence-electron chi connectivity index (χ0n) is 15.9. The number of sulfonamides is 1. The van der Waals surface area contributed by atoms with E-state index in [9.17, 15) is 8.42 Å². The van der Waals surface area contributed by atoms with Crippen LogP contribution in [0.1, 0.15) is 24.2 Å². The molecule has 2 N–H and O–H groups in total. The molecular weight excluding hydrogens is 374 g/mol. The Kier molecular flexibility index (Phi) is 5.43. The molecule has 0 aliphatic carbocycles. The van der Waals surface area contributed by atoms with Gasteiger partial charge in [-0.1, -0.05) is 18.2 Å². The standard InChI is InChI=1S/C20H25N5O2S/c1-15-18(23-14-22-15)13-25-10-4-5-16(12-25)11-24-28(26,27)19-8-2-6-17-7-3-9-21-20(17)19/h2-3,6-9,14,16,24H,4-5,10-13H2,1H3,(H,22,23)/t16-/m0/s1. The highest BCUT2D eigenvalue weighted by atomic mass is 32.2. The van der Waals surface area contributed by atoms with E-state index >= 15 is 0 Å². The molecule has 1 aliphatic rings. The molecule has 8 heteroatoms. The summed E-state index contributed by atoms with van der Waals surface area (Å²) in [6.07, 6.45) is 5.42. The van der Waals surface area contributed by atoms with Crippen LogP contribution in [0.5, 0.6) is 0 Å². The van der Waals surface area contributed by atoms with E-state index in [-0.39, 0.29) is 10.8 Å². The Bertz CT molecular complexity index is 1060. The first-order chi connectivity index (χ1) is 13.5. The van der Waals surface area contributed by atoms with E-state index in [2.05, 4.69) is 24.6 Å². The third-order valence-corrected chi connectivity index (χ3v) is 6.81. The van der Waals surface area contributed by atoms with Gasteiger partial charge in [0.15, 0.2) is 0 Å². The van der Waals surface area contributed by atoms with Gasteiger partial charge < -0.3 is 4.98 Å². The number of aromatic nitrogens is 3.